The number of rotatable bonds is 7. The SMILES string of the molecule is CCOC1(c2noc(COCC(=O)O)n2)CCCC1. The Morgan fingerprint density at radius 3 is 2.84 bits per heavy atom. The second-order valence-electron chi connectivity index (χ2n) is 4.53. The summed E-state index contributed by atoms with van der Waals surface area (Å²) in [5, 5.41) is 12.4. The van der Waals surface area contributed by atoms with E-state index in [9.17, 15) is 4.79 Å². The first-order valence-corrected chi connectivity index (χ1v) is 6.43. The van der Waals surface area contributed by atoms with E-state index in [1.54, 1.807) is 0 Å². The van der Waals surface area contributed by atoms with Crippen LogP contribution in [0.3, 0.4) is 0 Å². The van der Waals surface area contributed by atoms with Crippen LogP contribution in [0.1, 0.15) is 44.3 Å². The molecule has 0 spiro atoms. The predicted molar refractivity (Wildman–Crippen MR) is 63.4 cm³/mol. The lowest BCUT2D eigenvalue weighted by Crippen LogP contribution is -2.27. The Morgan fingerprint density at radius 1 is 1.47 bits per heavy atom. The van der Waals surface area contributed by atoms with Gasteiger partial charge in [-0.3, -0.25) is 0 Å². The Bertz CT molecular complexity index is 426. The molecule has 0 amide bonds. The van der Waals surface area contributed by atoms with Crippen molar-refractivity contribution >= 4 is 5.97 Å². The van der Waals surface area contributed by atoms with Gasteiger partial charge in [-0.15, -0.1) is 0 Å². The van der Waals surface area contributed by atoms with Crippen molar-refractivity contribution in [3.8, 4) is 0 Å². The number of aliphatic carboxylic acids is 1. The van der Waals surface area contributed by atoms with Crippen LogP contribution in [-0.2, 0) is 26.5 Å². The fourth-order valence-electron chi connectivity index (χ4n) is 2.38. The molecular weight excluding hydrogens is 252 g/mol. The van der Waals surface area contributed by atoms with Crippen molar-refractivity contribution < 1.29 is 23.9 Å². The van der Waals surface area contributed by atoms with Gasteiger partial charge >= 0.3 is 5.97 Å². The summed E-state index contributed by atoms with van der Waals surface area (Å²) in [4.78, 5) is 14.6. The highest BCUT2D eigenvalue weighted by molar-refractivity contribution is 5.67. The zero-order chi connectivity index (χ0) is 13.7. The van der Waals surface area contributed by atoms with E-state index in [4.69, 9.17) is 19.1 Å². The molecule has 7 heteroatoms. The first kappa shape index (κ1) is 14.0. The van der Waals surface area contributed by atoms with Crippen molar-refractivity contribution in [2.75, 3.05) is 13.2 Å². The highest BCUT2D eigenvalue weighted by Crippen LogP contribution is 2.40. The lowest BCUT2D eigenvalue weighted by Gasteiger charge is -2.24. The maximum absolute atomic E-state index is 10.3. The normalized spacial score (nSPS) is 17.7. The Balaban J connectivity index is 2.00. The van der Waals surface area contributed by atoms with Gasteiger partial charge in [0.15, 0.2) is 0 Å². The van der Waals surface area contributed by atoms with Crippen molar-refractivity contribution in [2.45, 2.75) is 44.8 Å². The molecular formula is C12H18N2O5. The third-order valence-electron chi connectivity index (χ3n) is 3.16. The van der Waals surface area contributed by atoms with Crippen LogP contribution in [0.15, 0.2) is 4.52 Å². The van der Waals surface area contributed by atoms with E-state index >= 15 is 0 Å². The fourth-order valence-corrected chi connectivity index (χ4v) is 2.38. The first-order valence-electron chi connectivity index (χ1n) is 6.43. The van der Waals surface area contributed by atoms with E-state index in [1.165, 1.54) is 0 Å². The van der Waals surface area contributed by atoms with Crippen LogP contribution in [0.25, 0.3) is 0 Å². The van der Waals surface area contributed by atoms with Crippen LogP contribution in [0, 0.1) is 0 Å². The molecule has 1 aromatic heterocycles. The monoisotopic (exact) mass is 270 g/mol. The molecule has 19 heavy (non-hydrogen) atoms. The number of nitrogens with zero attached hydrogens (tertiary/aromatic N) is 2. The standard InChI is InChI=1S/C12H18N2O5/c1-2-18-12(5-3-4-6-12)11-13-9(19-14-11)7-17-8-10(15)16/h2-8H2,1H3,(H,15,16). The Kier molecular flexibility index (Phi) is 4.49. The minimum Gasteiger partial charge on any atom is -0.480 e. The molecule has 7 nitrogen and oxygen atoms in total. The maximum Gasteiger partial charge on any atom is 0.329 e. The number of carboxylic acids is 1. The van der Waals surface area contributed by atoms with E-state index in [0.29, 0.717) is 12.4 Å². The van der Waals surface area contributed by atoms with Crippen LogP contribution in [0.4, 0.5) is 0 Å². The Morgan fingerprint density at radius 2 is 2.21 bits per heavy atom. The second-order valence-corrected chi connectivity index (χ2v) is 4.53. The quantitative estimate of drug-likeness (QED) is 0.801. The topological polar surface area (TPSA) is 94.7 Å². The molecule has 0 aliphatic heterocycles. The van der Waals surface area contributed by atoms with Gasteiger partial charge in [-0.25, -0.2) is 4.79 Å². The van der Waals surface area contributed by atoms with Crippen molar-refractivity contribution in [1.29, 1.82) is 0 Å². The van der Waals surface area contributed by atoms with Gasteiger partial charge in [-0.05, 0) is 32.6 Å². The molecule has 2 rings (SSSR count). The fraction of sp³-hybridized carbons (Fsp3) is 0.750. The van der Waals surface area contributed by atoms with Crippen molar-refractivity contribution in [3.63, 3.8) is 0 Å². The second kappa shape index (κ2) is 6.12. The summed E-state index contributed by atoms with van der Waals surface area (Å²) in [5.41, 5.74) is -0.441. The predicted octanol–water partition coefficient (Wildman–Crippen LogP) is 1.48. The first-order chi connectivity index (χ1) is 9.16. The zero-order valence-electron chi connectivity index (χ0n) is 10.9. The van der Waals surface area contributed by atoms with Gasteiger partial charge < -0.3 is 19.1 Å². The number of aromatic nitrogens is 2. The van der Waals surface area contributed by atoms with Crippen LogP contribution in [0.5, 0.6) is 0 Å². The molecule has 1 N–H and O–H groups in total. The molecule has 1 aliphatic carbocycles. The molecule has 0 bridgehead atoms. The van der Waals surface area contributed by atoms with Gasteiger partial charge in [0.2, 0.25) is 5.82 Å². The summed E-state index contributed by atoms with van der Waals surface area (Å²) >= 11 is 0. The van der Waals surface area contributed by atoms with Gasteiger partial charge in [-0.1, -0.05) is 5.16 Å². The van der Waals surface area contributed by atoms with Crippen LogP contribution in [0.2, 0.25) is 0 Å². The molecule has 0 saturated heterocycles. The summed E-state index contributed by atoms with van der Waals surface area (Å²) < 4.78 is 15.8. The van der Waals surface area contributed by atoms with E-state index in [-0.39, 0.29) is 19.1 Å². The zero-order valence-corrected chi connectivity index (χ0v) is 10.9. The van der Waals surface area contributed by atoms with Gasteiger partial charge in [0.05, 0.1) is 0 Å². The highest BCUT2D eigenvalue weighted by Gasteiger charge is 2.40. The molecule has 1 heterocycles. The molecule has 0 radical (unpaired) electrons. The third-order valence-corrected chi connectivity index (χ3v) is 3.16. The molecule has 0 unspecified atom stereocenters. The molecule has 1 fully saturated rings. The van der Waals surface area contributed by atoms with Crippen LogP contribution >= 0.6 is 0 Å². The number of carbonyl (C=O) groups is 1. The summed E-state index contributed by atoms with van der Waals surface area (Å²) in [6.07, 6.45) is 3.93. The minimum absolute atomic E-state index is 0.00149. The summed E-state index contributed by atoms with van der Waals surface area (Å²) in [6.45, 7) is 2.16. The minimum atomic E-state index is -1.03. The number of ether oxygens (including phenoxy) is 2. The molecule has 1 aromatic rings. The third kappa shape index (κ3) is 3.30. The number of hydrogen-bond acceptors (Lipinski definition) is 6. The van der Waals surface area contributed by atoms with Gasteiger partial charge in [-0.2, -0.15) is 4.98 Å². The average molecular weight is 270 g/mol. The van der Waals surface area contributed by atoms with Crippen molar-refractivity contribution in [1.82, 2.24) is 10.1 Å². The lowest BCUT2D eigenvalue weighted by atomic mass is 10.0. The summed E-state index contributed by atoms with van der Waals surface area (Å²) in [6, 6.07) is 0. The van der Waals surface area contributed by atoms with E-state index < -0.39 is 11.6 Å². The van der Waals surface area contributed by atoms with E-state index in [0.717, 1.165) is 25.7 Å². The van der Waals surface area contributed by atoms with Crippen molar-refractivity contribution in [3.05, 3.63) is 11.7 Å². The summed E-state index contributed by atoms with van der Waals surface area (Å²) in [7, 11) is 0. The lowest BCUT2D eigenvalue weighted by molar-refractivity contribution is -0.142. The molecule has 0 atom stereocenters. The van der Waals surface area contributed by atoms with Gasteiger partial charge in [0.25, 0.3) is 5.89 Å². The summed E-state index contributed by atoms with van der Waals surface area (Å²) in [5.74, 6) is -0.204. The largest absolute Gasteiger partial charge is 0.480 e. The van der Waals surface area contributed by atoms with Gasteiger partial charge in [0, 0.05) is 6.61 Å². The van der Waals surface area contributed by atoms with Gasteiger partial charge in [0.1, 0.15) is 18.8 Å². The highest BCUT2D eigenvalue weighted by atomic mass is 16.5. The van der Waals surface area contributed by atoms with E-state index in [2.05, 4.69) is 10.1 Å². The smallest absolute Gasteiger partial charge is 0.329 e. The Hall–Kier alpha value is -1.47. The molecule has 106 valence electrons. The van der Waals surface area contributed by atoms with Crippen LogP contribution in [-0.4, -0.2) is 34.4 Å². The van der Waals surface area contributed by atoms with E-state index in [1.807, 2.05) is 6.92 Å². The average Bonchev–Trinajstić information content (AvgIpc) is 2.98. The molecule has 1 saturated carbocycles. The number of hydrogen-bond donors (Lipinski definition) is 1. The van der Waals surface area contributed by atoms with Crippen molar-refractivity contribution in [2.24, 2.45) is 0 Å². The molecule has 1 aliphatic rings. The molecule has 0 aromatic carbocycles. The maximum atomic E-state index is 10.3. The Labute approximate surface area is 110 Å². The van der Waals surface area contributed by atoms with Crippen LogP contribution < -0.4 is 0 Å². The number of carboxylic acid groups (broad SMARTS) is 1.